The number of carbonyl (C=O) groups excluding carboxylic acids is 1. The predicted molar refractivity (Wildman–Crippen MR) is 67.2 cm³/mol. The molecule has 1 amide bonds. The van der Waals surface area contributed by atoms with Crippen molar-refractivity contribution in [2.45, 2.75) is 0 Å². The van der Waals surface area contributed by atoms with E-state index in [9.17, 15) is 4.79 Å². The van der Waals surface area contributed by atoms with Crippen LogP contribution >= 0.6 is 38.5 Å². The van der Waals surface area contributed by atoms with E-state index in [1.54, 1.807) is 6.07 Å². The SMILES string of the molecule is NC(=O)c1cc2cc(Br)c(I)cc2[nH]1. The van der Waals surface area contributed by atoms with Crippen molar-refractivity contribution in [1.29, 1.82) is 0 Å². The fourth-order valence-electron chi connectivity index (χ4n) is 1.26. The van der Waals surface area contributed by atoms with Gasteiger partial charge >= 0.3 is 0 Å². The molecule has 0 saturated heterocycles. The molecule has 0 spiro atoms. The lowest BCUT2D eigenvalue weighted by Gasteiger charge is -1.95. The van der Waals surface area contributed by atoms with Crippen LogP contribution in [0, 0.1) is 3.57 Å². The van der Waals surface area contributed by atoms with E-state index in [1.807, 2.05) is 12.1 Å². The van der Waals surface area contributed by atoms with Crippen molar-refractivity contribution in [1.82, 2.24) is 4.98 Å². The molecule has 72 valence electrons. The van der Waals surface area contributed by atoms with Crippen LogP contribution in [0.5, 0.6) is 0 Å². The zero-order valence-electron chi connectivity index (χ0n) is 6.97. The molecule has 0 saturated carbocycles. The van der Waals surface area contributed by atoms with Crippen molar-refractivity contribution in [3.8, 4) is 0 Å². The lowest BCUT2D eigenvalue weighted by atomic mass is 10.2. The number of nitrogens with one attached hydrogen (secondary N) is 1. The van der Waals surface area contributed by atoms with Crippen LogP contribution in [0.4, 0.5) is 0 Å². The first-order valence-electron chi connectivity index (χ1n) is 3.85. The third-order valence-corrected chi connectivity index (χ3v) is 4.22. The quantitative estimate of drug-likeness (QED) is 0.751. The van der Waals surface area contributed by atoms with Crippen molar-refractivity contribution < 1.29 is 4.79 Å². The van der Waals surface area contributed by atoms with Crippen molar-refractivity contribution in [3.63, 3.8) is 0 Å². The summed E-state index contributed by atoms with van der Waals surface area (Å²) in [5.41, 5.74) is 6.53. The highest BCUT2D eigenvalue weighted by atomic mass is 127. The molecule has 0 aliphatic heterocycles. The second kappa shape index (κ2) is 3.54. The highest BCUT2D eigenvalue weighted by Crippen LogP contribution is 2.25. The summed E-state index contributed by atoms with van der Waals surface area (Å²) in [6.45, 7) is 0. The number of carbonyl (C=O) groups is 1. The normalized spacial score (nSPS) is 10.7. The van der Waals surface area contributed by atoms with Gasteiger partial charge in [-0.1, -0.05) is 0 Å². The van der Waals surface area contributed by atoms with Crippen molar-refractivity contribution >= 4 is 55.3 Å². The van der Waals surface area contributed by atoms with Gasteiger partial charge in [-0.15, -0.1) is 0 Å². The lowest BCUT2D eigenvalue weighted by molar-refractivity contribution is 0.0996. The molecule has 0 radical (unpaired) electrons. The maximum Gasteiger partial charge on any atom is 0.265 e. The summed E-state index contributed by atoms with van der Waals surface area (Å²) < 4.78 is 2.11. The summed E-state index contributed by atoms with van der Waals surface area (Å²) in [7, 11) is 0. The second-order valence-corrected chi connectivity index (χ2v) is 4.92. The van der Waals surface area contributed by atoms with Gasteiger partial charge in [-0.25, -0.2) is 0 Å². The molecule has 1 aromatic heterocycles. The number of hydrogen-bond acceptors (Lipinski definition) is 1. The number of halogens is 2. The van der Waals surface area contributed by atoms with Gasteiger partial charge in [-0.2, -0.15) is 0 Å². The minimum atomic E-state index is -0.438. The number of aromatic amines is 1. The molecular weight excluding hydrogens is 359 g/mol. The number of primary amides is 1. The molecule has 1 aromatic carbocycles. The fourth-order valence-corrected chi connectivity index (χ4v) is 2.09. The summed E-state index contributed by atoms with van der Waals surface area (Å²) in [5, 5.41) is 0.978. The largest absolute Gasteiger partial charge is 0.364 e. The Labute approximate surface area is 102 Å². The van der Waals surface area contributed by atoms with Crippen LogP contribution in [0.1, 0.15) is 10.5 Å². The zero-order valence-corrected chi connectivity index (χ0v) is 10.7. The van der Waals surface area contributed by atoms with Gasteiger partial charge in [-0.3, -0.25) is 4.79 Å². The number of rotatable bonds is 1. The summed E-state index contributed by atoms with van der Waals surface area (Å²) in [5.74, 6) is -0.438. The van der Waals surface area contributed by atoms with E-state index in [2.05, 4.69) is 43.5 Å². The van der Waals surface area contributed by atoms with Gasteiger partial charge in [0.1, 0.15) is 5.69 Å². The molecule has 14 heavy (non-hydrogen) atoms. The van der Waals surface area contributed by atoms with Crippen molar-refractivity contribution in [2.24, 2.45) is 5.73 Å². The Morgan fingerprint density at radius 2 is 2.14 bits per heavy atom. The first kappa shape index (κ1) is 9.97. The number of amides is 1. The Kier molecular flexibility index (Phi) is 2.52. The Morgan fingerprint density at radius 1 is 1.43 bits per heavy atom. The maximum atomic E-state index is 10.9. The molecule has 0 aliphatic carbocycles. The minimum Gasteiger partial charge on any atom is -0.364 e. The molecule has 3 nitrogen and oxygen atoms in total. The van der Waals surface area contributed by atoms with Crippen molar-refractivity contribution in [3.05, 3.63) is 31.9 Å². The number of fused-ring (bicyclic) bond motifs is 1. The molecule has 5 heteroatoms. The number of H-pyrrole nitrogens is 1. The van der Waals surface area contributed by atoms with E-state index in [0.29, 0.717) is 5.69 Å². The molecule has 3 N–H and O–H groups in total. The molecule has 0 unspecified atom stereocenters. The van der Waals surface area contributed by atoms with Gasteiger partial charge in [0.15, 0.2) is 0 Å². The molecule has 2 aromatic rings. The topological polar surface area (TPSA) is 58.9 Å². The average molecular weight is 365 g/mol. The van der Waals surface area contributed by atoms with E-state index >= 15 is 0 Å². The third kappa shape index (κ3) is 1.66. The summed E-state index contributed by atoms with van der Waals surface area (Å²) in [4.78, 5) is 13.9. The van der Waals surface area contributed by atoms with Crippen LogP contribution in [-0.4, -0.2) is 10.9 Å². The summed E-state index contributed by atoms with van der Waals surface area (Å²) in [6, 6.07) is 5.67. The van der Waals surface area contributed by atoms with Gasteiger partial charge < -0.3 is 10.7 Å². The number of benzene rings is 1. The Hall–Kier alpha value is -0.560. The summed E-state index contributed by atoms with van der Waals surface area (Å²) in [6.07, 6.45) is 0. The maximum absolute atomic E-state index is 10.9. The van der Waals surface area contributed by atoms with Crippen molar-refractivity contribution in [2.75, 3.05) is 0 Å². The van der Waals surface area contributed by atoms with E-state index in [1.165, 1.54) is 0 Å². The third-order valence-electron chi connectivity index (χ3n) is 1.93. The molecule has 0 aliphatic rings. The van der Waals surface area contributed by atoms with Gasteiger partial charge in [0, 0.05) is 18.9 Å². The highest BCUT2D eigenvalue weighted by molar-refractivity contribution is 14.1. The Balaban J connectivity index is 2.72. The number of aromatic nitrogens is 1. The van der Waals surface area contributed by atoms with Crippen LogP contribution in [0.3, 0.4) is 0 Å². The van der Waals surface area contributed by atoms with Gasteiger partial charge in [0.25, 0.3) is 5.91 Å². The molecule has 0 bridgehead atoms. The van der Waals surface area contributed by atoms with Crippen LogP contribution in [-0.2, 0) is 0 Å². The van der Waals surface area contributed by atoms with E-state index in [0.717, 1.165) is 18.9 Å². The van der Waals surface area contributed by atoms with E-state index in [-0.39, 0.29) is 0 Å². The Morgan fingerprint density at radius 3 is 2.79 bits per heavy atom. The first-order chi connectivity index (χ1) is 6.58. The average Bonchev–Trinajstić information content (AvgIpc) is 2.48. The number of hydrogen-bond donors (Lipinski definition) is 2. The van der Waals surface area contributed by atoms with Gasteiger partial charge in [-0.05, 0) is 56.7 Å². The Bertz CT molecular complexity index is 482. The first-order valence-corrected chi connectivity index (χ1v) is 5.72. The summed E-state index contributed by atoms with van der Waals surface area (Å²) >= 11 is 5.64. The predicted octanol–water partition coefficient (Wildman–Crippen LogP) is 2.63. The molecule has 0 atom stereocenters. The lowest BCUT2D eigenvalue weighted by Crippen LogP contribution is -2.10. The molecule has 1 heterocycles. The van der Waals surface area contributed by atoms with E-state index in [4.69, 9.17) is 5.73 Å². The van der Waals surface area contributed by atoms with Gasteiger partial charge in [0.2, 0.25) is 0 Å². The van der Waals surface area contributed by atoms with Crippen LogP contribution < -0.4 is 5.73 Å². The number of nitrogens with two attached hydrogens (primary N) is 1. The molecular formula is C9H6BrIN2O. The van der Waals surface area contributed by atoms with E-state index < -0.39 is 5.91 Å². The second-order valence-electron chi connectivity index (χ2n) is 2.90. The molecule has 0 fully saturated rings. The fraction of sp³-hybridized carbons (Fsp3) is 0. The minimum absolute atomic E-state index is 0.438. The smallest absolute Gasteiger partial charge is 0.265 e. The monoisotopic (exact) mass is 364 g/mol. The van der Waals surface area contributed by atoms with Crippen LogP contribution in [0.25, 0.3) is 10.9 Å². The standard InChI is InChI=1S/C9H6BrIN2O/c10-5-1-4-2-8(9(12)14)13-7(4)3-6(5)11/h1-3,13H,(H2,12,14). The zero-order chi connectivity index (χ0) is 10.3. The highest BCUT2D eigenvalue weighted by Gasteiger charge is 2.07. The van der Waals surface area contributed by atoms with Gasteiger partial charge in [0.05, 0.1) is 0 Å². The van der Waals surface area contributed by atoms with Crippen LogP contribution in [0.15, 0.2) is 22.7 Å². The molecule has 2 rings (SSSR count). The van der Waals surface area contributed by atoms with Crippen LogP contribution in [0.2, 0.25) is 0 Å².